The Hall–Kier alpha value is -3.73. The van der Waals surface area contributed by atoms with Crippen LogP contribution in [0.25, 0.3) is 6.08 Å². The number of rotatable bonds is 8. The van der Waals surface area contributed by atoms with Crippen LogP contribution in [0.4, 0.5) is 10.5 Å². The lowest BCUT2D eigenvalue weighted by molar-refractivity contribution is -0.122. The number of urea groups is 1. The molecule has 7 nitrogen and oxygen atoms in total. The van der Waals surface area contributed by atoms with Crippen molar-refractivity contribution in [2.45, 2.75) is 13.2 Å². The molecule has 0 aromatic heterocycles. The Morgan fingerprint density at radius 1 is 0.707 bits per heavy atom. The minimum absolute atomic E-state index is 0.171. The van der Waals surface area contributed by atoms with Crippen molar-refractivity contribution in [3.05, 3.63) is 127 Å². The van der Waals surface area contributed by atoms with E-state index in [1.165, 1.54) is 6.08 Å². The van der Waals surface area contributed by atoms with Crippen LogP contribution in [0, 0.1) is 0 Å². The Morgan fingerprint density at radius 2 is 1.29 bits per heavy atom. The number of barbiturate groups is 1. The van der Waals surface area contributed by atoms with E-state index in [4.69, 9.17) is 9.47 Å². The first-order chi connectivity index (χ1) is 19.8. The second-order valence-corrected chi connectivity index (χ2v) is 11.7. The molecule has 0 saturated carbocycles. The molecular formula is C31H21Br3N2O5. The summed E-state index contributed by atoms with van der Waals surface area (Å²) in [7, 11) is 0. The van der Waals surface area contributed by atoms with Crippen molar-refractivity contribution in [3.63, 3.8) is 0 Å². The van der Waals surface area contributed by atoms with Crippen LogP contribution < -0.4 is 19.7 Å². The lowest BCUT2D eigenvalue weighted by Crippen LogP contribution is -2.54. The van der Waals surface area contributed by atoms with E-state index < -0.39 is 17.8 Å². The average Bonchev–Trinajstić information content (AvgIpc) is 2.96. The summed E-state index contributed by atoms with van der Waals surface area (Å²) in [6, 6.07) is 26.5. The fraction of sp³-hybridized carbons (Fsp3) is 0.0645. The zero-order valence-corrected chi connectivity index (χ0v) is 26.0. The topological polar surface area (TPSA) is 84.9 Å². The van der Waals surface area contributed by atoms with Crippen LogP contribution in [0.5, 0.6) is 11.5 Å². The lowest BCUT2D eigenvalue weighted by atomic mass is 10.1. The summed E-state index contributed by atoms with van der Waals surface area (Å²) in [5.74, 6) is -0.319. The number of nitrogens with zero attached hydrogens (tertiary/aromatic N) is 1. The molecule has 1 fully saturated rings. The van der Waals surface area contributed by atoms with Crippen molar-refractivity contribution in [2.75, 3.05) is 4.90 Å². The molecule has 41 heavy (non-hydrogen) atoms. The second kappa shape index (κ2) is 12.8. The van der Waals surface area contributed by atoms with Crippen molar-refractivity contribution in [2.24, 2.45) is 0 Å². The normalized spacial score (nSPS) is 14.3. The Balaban J connectivity index is 1.28. The molecule has 4 aromatic carbocycles. The zero-order valence-electron chi connectivity index (χ0n) is 21.3. The summed E-state index contributed by atoms with van der Waals surface area (Å²) in [5.41, 5.74) is 2.71. The molecule has 10 heteroatoms. The first-order valence-electron chi connectivity index (χ1n) is 12.3. The van der Waals surface area contributed by atoms with Crippen molar-refractivity contribution in [1.82, 2.24) is 5.32 Å². The van der Waals surface area contributed by atoms with Crippen LogP contribution in [-0.4, -0.2) is 17.8 Å². The highest BCUT2D eigenvalue weighted by Gasteiger charge is 2.36. The molecule has 4 amide bonds. The number of halogens is 3. The standard InChI is InChI=1S/C31H21Br3N2O5/c32-22-6-1-19(2-7-22)17-40-25-12-10-24(11-13-25)36-30(38)26(29(37)35-31(36)39)15-21-5-14-28(27(34)16-21)41-18-20-3-8-23(33)9-4-20/h1-16H,17-18H2,(H,35,37,39)/b26-15+. The maximum Gasteiger partial charge on any atom is 0.335 e. The van der Waals surface area contributed by atoms with Gasteiger partial charge in [0.25, 0.3) is 11.8 Å². The SMILES string of the molecule is O=C1NC(=O)N(c2ccc(OCc3ccc(Br)cc3)cc2)C(=O)/C1=C/c1ccc(OCc2ccc(Br)cc2)c(Br)c1. The number of carbonyl (C=O) groups excluding carboxylic acids is 3. The maximum atomic E-state index is 13.3. The van der Waals surface area contributed by atoms with E-state index in [0.29, 0.717) is 40.4 Å². The number of hydrogen-bond donors (Lipinski definition) is 1. The molecule has 0 atom stereocenters. The summed E-state index contributed by atoms with van der Waals surface area (Å²) in [6.45, 7) is 0.735. The Morgan fingerprint density at radius 3 is 1.88 bits per heavy atom. The number of hydrogen-bond acceptors (Lipinski definition) is 5. The second-order valence-electron chi connectivity index (χ2n) is 8.97. The van der Waals surface area contributed by atoms with Gasteiger partial charge in [0.2, 0.25) is 0 Å². The molecule has 4 aromatic rings. The summed E-state index contributed by atoms with van der Waals surface area (Å²) in [4.78, 5) is 39.5. The number of nitrogens with one attached hydrogen (secondary N) is 1. The third-order valence-corrected chi connectivity index (χ3v) is 7.77. The van der Waals surface area contributed by atoms with Crippen molar-refractivity contribution >= 4 is 77.4 Å². The zero-order chi connectivity index (χ0) is 28.9. The van der Waals surface area contributed by atoms with Gasteiger partial charge in [-0.1, -0.05) is 62.2 Å². The minimum atomic E-state index is -0.821. The van der Waals surface area contributed by atoms with Crippen LogP contribution in [-0.2, 0) is 22.8 Å². The predicted octanol–water partition coefficient (Wildman–Crippen LogP) is 7.80. The highest BCUT2D eigenvalue weighted by molar-refractivity contribution is 9.11. The van der Waals surface area contributed by atoms with E-state index >= 15 is 0 Å². The molecule has 0 spiro atoms. The summed E-state index contributed by atoms with van der Waals surface area (Å²) >= 11 is 10.3. The highest BCUT2D eigenvalue weighted by Crippen LogP contribution is 2.29. The molecule has 0 unspecified atom stereocenters. The Kier molecular flexibility index (Phi) is 9.02. The number of benzene rings is 4. The van der Waals surface area contributed by atoms with E-state index in [2.05, 4.69) is 53.1 Å². The van der Waals surface area contributed by atoms with Crippen LogP contribution in [0.1, 0.15) is 16.7 Å². The molecule has 1 N–H and O–H groups in total. The van der Waals surface area contributed by atoms with Gasteiger partial charge >= 0.3 is 6.03 Å². The van der Waals surface area contributed by atoms with Gasteiger partial charge in [-0.3, -0.25) is 14.9 Å². The van der Waals surface area contributed by atoms with Gasteiger partial charge in [0.15, 0.2) is 0 Å². The van der Waals surface area contributed by atoms with Gasteiger partial charge in [-0.15, -0.1) is 0 Å². The van der Waals surface area contributed by atoms with Gasteiger partial charge in [-0.05, 0) is 99.4 Å². The predicted molar refractivity (Wildman–Crippen MR) is 167 cm³/mol. The van der Waals surface area contributed by atoms with E-state index in [-0.39, 0.29) is 5.57 Å². The van der Waals surface area contributed by atoms with Gasteiger partial charge < -0.3 is 9.47 Å². The summed E-state index contributed by atoms with van der Waals surface area (Å²) in [5, 5.41) is 2.25. The fourth-order valence-electron chi connectivity index (χ4n) is 3.96. The molecule has 0 bridgehead atoms. The number of carbonyl (C=O) groups is 3. The van der Waals surface area contributed by atoms with Crippen LogP contribution in [0.3, 0.4) is 0 Å². The average molecular weight is 741 g/mol. The van der Waals surface area contributed by atoms with Crippen LogP contribution in [0.2, 0.25) is 0 Å². The van der Waals surface area contributed by atoms with Gasteiger partial charge in [-0.25, -0.2) is 9.69 Å². The Labute approximate surface area is 261 Å². The van der Waals surface area contributed by atoms with E-state index in [1.807, 2.05) is 48.5 Å². The largest absolute Gasteiger partial charge is 0.489 e. The molecule has 206 valence electrons. The van der Waals surface area contributed by atoms with Crippen molar-refractivity contribution < 1.29 is 23.9 Å². The molecular weight excluding hydrogens is 720 g/mol. The van der Waals surface area contributed by atoms with Gasteiger partial charge in [0.05, 0.1) is 10.2 Å². The number of amides is 4. The Bertz CT molecular complexity index is 1640. The molecule has 1 aliphatic rings. The molecule has 1 saturated heterocycles. The monoisotopic (exact) mass is 738 g/mol. The maximum absolute atomic E-state index is 13.3. The minimum Gasteiger partial charge on any atom is -0.489 e. The number of ether oxygens (including phenoxy) is 2. The van der Waals surface area contributed by atoms with Crippen LogP contribution in [0.15, 0.2) is 110 Å². The number of imide groups is 2. The van der Waals surface area contributed by atoms with E-state index in [9.17, 15) is 14.4 Å². The number of anilines is 1. The first-order valence-corrected chi connectivity index (χ1v) is 14.7. The fourth-order valence-corrected chi connectivity index (χ4v) is 5.00. The lowest BCUT2D eigenvalue weighted by Gasteiger charge is -2.26. The molecule has 1 aliphatic heterocycles. The van der Waals surface area contributed by atoms with Gasteiger partial charge in [0, 0.05) is 8.95 Å². The van der Waals surface area contributed by atoms with Crippen molar-refractivity contribution in [1.29, 1.82) is 0 Å². The summed E-state index contributed by atoms with van der Waals surface area (Å²) < 4.78 is 14.3. The quantitative estimate of drug-likeness (QED) is 0.147. The van der Waals surface area contributed by atoms with Crippen molar-refractivity contribution in [3.8, 4) is 11.5 Å². The molecule has 0 radical (unpaired) electrons. The third kappa shape index (κ3) is 7.13. The molecule has 0 aliphatic carbocycles. The van der Waals surface area contributed by atoms with E-state index in [0.717, 1.165) is 25.0 Å². The van der Waals surface area contributed by atoms with Gasteiger partial charge in [0.1, 0.15) is 30.3 Å². The van der Waals surface area contributed by atoms with E-state index in [1.54, 1.807) is 42.5 Å². The third-order valence-electron chi connectivity index (χ3n) is 6.09. The highest BCUT2D eigenvalue weighted by atomic mass is 79.9. The van der Waals surface area contributed by atoms with Crippen LogP contribution >= 0.6 is 47.8 Å². The molecule has 5 rings (SSSR count). The molecule has 1 heterocycles. The first kappa shape index (κ1) is 28.8. The van der Waals surface area contributed by atoms with Gasteiger partial charge in [-0.2, -0.15) is 0 Å². The smallest absolute Gasteiger partial charge is 0.335 e. The summed E-state index contributed by atoms with van der Waals surface area (Å²) in [6.07, 6.45) is 1.44.